The normalized spacial score (nSPS) is 10.2. The van der Waals surface area contributed by atoms with Gasteiger partial charge in [-0.1, -0.05) is 0 Å². The zero-order valence-electron chi connectivity index (χ0n) is 6.56. The molecule has 2 N–H and O–H groups in total. The maximum Gasteiger partial charge on any atom is 0.137 e. The van der Waals surface area contributed by atoms with Gasteiger partial charge in [0, 0.05) is 12.1 Å². The van der Waals surface area contributed by atoms with Crippen molar-refractivity contribution in [1.29, 1.82) is 0 Å². The van der Waals surface area contributed by atoms with E-state index in [9.17, 15) is 9.50 Å². The van der Waals surface area contributed by atoms with Crippen LogP contribution < -0.4 is 5.32 Å². The number of phenolic OH excluding ortho intramolecular Hbond substituents is 1. The van der Waals surface area contributed by atoms with Crippen molar-refractivity contribution in [2.24, 2.45) is 0 Å². The third-order valence-corrected chi connectivity index (χ3v) is 2.17. The Morgan fingerprint density at radius 3 is 2.83 bits per heavy atom. The van der Waals surface area contributed by atoms with Crippen LogP contribution in [-0.4, -0.2) is 12.2 Å². The van der Waals surface area contributed by atoms with E-state index >= 15 is 0 Å². The minimum Gasteiger partial charge on any atom is -0.506 e. The van der Waals surface area contributed by atoms with Crippen molar-refractivity contribution in [2.45, 2.75) is 6.54 Å². The van der Waals surface area contributed by atoms with Gasteiger partial charge in [0.25, 0.3) is 0 Å². The van der Waals surface area contributed by atoms with E-state index in [2.05, 4.69) is 21.2 Å². The van der Waals surface area contributed by atoms with Crippen molar-refractivity contribution in [2.75, 3.05) is 7.05 Å². The van der Waals surface area contributed by atoms with E-state index in [-0.39, 0.29) is 11.3 Å². The average Bonchev–Trinajstić information content (AvgIpc) is 2.06. The first-order valence-electron chi connectivity index (χ1n) is 3.47. The fourth-order valence-corrected chi connectivity index (χ4v) is 1.30. The molecule has 0 fully saturated rings. The molecular weight excluding hydrogens is 225 g/mol. The second-order valence-corrected chi connectivity index (χ2v) is 3.24. The molecular formula is C8H9BrFNO. The Labute approximate surface area is 78.5 Å². The minimum absolute atomic E-state index is 0.0376. The number of hydrogen-bond donors (Lipinski definition) is 2. The first kappa shape index (κ1) is 9.48. The average molecular weight is 234 g/mol. The summed E-state index contributed by atoms with van der Waals surface area (Å²) in [5.41, 5.74) is 0.284. The molecule has 0 unspecified atom stereocenters. The van der Waals surface area contributed by atoms with Crippen LogP contribution in [0.1, 0.15) is 5.56 Å². The first-order valence-corrected chi connectivity index (χ1v) is 4.26. The van der Waals surface area contributed by atoms with E-state index in [0.29, 0.717) is 11.0 Å². The van der Waals surface area contributed by atoms with Crippen LogP contribution in [0, 0.1) is 5.82 Å². The van der Waals surface area contributed by atoms with Crippen LogP contribution in [0.2, 0.25) is 0 Å². The van der Waals surface area contributed by atoms with Gasteiger partial charge in [0.1, 0.15) is 11.6 Å². The highest BCUT2D eigenvalue weighted by atomic mass is 79.9. The van der Waals surface area contributed by atoms with Crippen molar-refractivity contribution >= 4 is 15.9 Å². The Kier molecular flexibility index (Phi) is 3.05. The van der Waals surface area contributed by atoms with Crippen molar-refractivity contribution < 1.29 is 9.50 Å². The lowest BCUT2D eigenvalue weighted by atomic mass is 10.2. The largest absolute Gasteiger partial charge is 0.506 e. The summed E-state index contributed by atoms with van der Waals surface area (Å²) in [7, 11) is 1.69. The van der Waals surface area contributed by atoms with Gasteiger partial charge in [-0.25, -0.2) is 4.39 Å². The van der Waals surface area contributed by atoms with Gasteiger partial charge in [-0.15, -0.1) is 0 Å². The SMILES string of the molecule is CNCc1c(F)ccc(Br)c1O. The Bertz CT molecular complexity index is 291. The maximum absolute atomic E-state index is 13.0. The molecule has 1 rings (SSSR count). The lowest BCUT2D eigenvalue weighted by molar-refractivity contribution is 0.452. The van der Waals surface area contributed by atoms with E-state index in [4.69, 9.17) is 0 Å². The zero-order valence-corrected chi connectivity index (χ0v) is 8.15. The van der Waals surface area contributed by atoms with Crippen molar-refractivity contribution in [1.82, 2.24) is 5.32 Å². The van der Waals surface area contributed by atoms with E-state index in [1.807, 2.05) is 0 Å². The van der Waals surface area contributed by atoms with Crippen molar-refractivity contribution in [3.05, 3.63) is 28.0 Å². The van der Waals surface area contributed by atoms with Gasteiger partial charge in [-0.3, -0.25) is 0 Å². The monoisotopic (exact) mass is 233 g/mol. The topological polar surface area (TPSA) is 32.3 Å². The molecule has 0 aromatic heterocycles. The molecule has 0 aliphatic rings. The molecule has 1 aromatic rings. The molecule has 0 saturated carbocycles. The summed E-state index contributed by atoms with van der Waals surface area (Å²) in [6.45, 7) is 0.317. The van der Waals surface area contributed by atoms with Crippen LogP contribution >= 0.6 is 15.9 Å². The third kappa shape index (κ3) is 1.76. The summed E-state index contributed by atoms with van der Waals surface area (Å²) in [6.07, 6.45) is 0. The Morgan fingerprint density at radius 1 is 1.58 bits per heavy atom. The summed E-state index contributed by atoms with van der Waals surface area (Å²) in [4.78, 5) is 0. The lowest BCUT2D eigenvalue weighted by Gasteiger charge is -2.06. The fraction of sp³-hybridized carbons (Fsp3) is 0.250. The predicted octanol–water partition coefficient (Wildman–Crippen LogP) is 2.01. The molecule has 0 spiro atoms. The molecule has 1 aromatic carbocycles. The lowest BCUT2D eigenvalue weighted by Crippen LogP contribution is -2.07. The number of halogens is 2. The van der Waals surface area contributed by atoms with Gasteiger partial charge < -0.3 is 10.4 Å². The third-order valence-electron chi connectivity index (χ3n) is 1.53. The molecule has 4 heteroatoms. The molecule has 0 radical (unpaired) electrons. The number of nitrogens with one attached hydrogen (secondary N) is 1. The van der Waals surface area contributed by atoms with Crippen LogP contribution in [0.25, 0.3) is 0 Å². The molecule has 0 heterocycles. The predicted molar refractivity (Wildman–Crippen MR) is 48.5 cm³/mol. The highest BCUT2D eigenvalue weighted by Gasteiger charge is 2.09. The quantitative estimate of drug-likeness (QED) is 0.820. The first-order chi connectivity index (χ1) is 5.66. The van der Waals surface area contributed by atoms with E-state index in [1.54, 1.807) is 7.05 Å². The zero-order chi connectivity index (χ0) is 9.14. The highest BCUT2D eigenvalue weighted by molar-refractivity contribution is 9.10. The van der Waals surface area contributed by atoms with Gasteiger partial charge in [0.2, 0.25) is 0 Å². The smallest absolute Gasteiger partial charge is 0.137 e. The van der Waals surface area contributed by atoms with Gasteiger partial charge in [0.05, 0.1) is 4.47 Å². The van der Waals surface area contributed by atoms with Gasteiger partial charge in [-0.05, 0) is 35.1 Å². The van der Waals surface area contributed by atoms with Crippen LogP contribution in [0.3, 0.4) is 0 Å². The Balaban J connectivity index is 3.14. The molecule has 0 amide bonds. The highest BCUT2D eigenvalue weighted by Crippen LogP contribution is 2.29. The molecule has 0 aliphatic heterocycles. The Morgan fingerprint density at radius 2 is 2.25 bits per heavy atom. The minimum atomic E-state index is -0.398. The van der Waals surface area contributed by atoms with Crippen molar-refractivity contribution in [3.63, 3.8) is 0 Å². The van der Waals surface area contributed by atoms with Gasteiger partial charge >= 0.3 is 0 Å². The number of aromatic hydroxyl groups is 1. The number of hydrogen-bond acceptors (Lipinski definition) is 2. The molecule has 12 heavy (non-hydrogen) atoms. The maximum atomic E-state index is 13.0. The summed E-state index contributed by atoms with van der Waals surface area (Å²) in [6, 6.07) is 2.79. The fourth-order valence-electron chi connectivity index (χ4n) is 0.928. The van der Waals surface area contributed by atoms with E-state index in [0.717, 1.165) is 0 Å². The number of benzene rings is 1. The molecule has 2 nitrogen and oxygen atoms in total. The van der Waals surface area contributed by atoms with E-state index in [1.165, 1.54) is 12.1 Å². The van der Waals surface area contributed by atoms with Crippen LogP contribution in [-0.2, 0) is 6.54 Å². The summed E-state index contributed by atoms with van der Waals surface area (Å²) in [5.74, 6) is -0.436. The molecule has 0 atom stereocenters. The second-order valence-electron chi connectivity index (χ2n) is 2.39. The molecule has 0 aliphatic carbocycles. The molecule has 0 bridgehead atoms. The van der Waals surface area contributed by atoms with Crippen LogP contribution in [0.15, 0.2) is 16.6 Å². The molecule has 0 saturated heterocycles. The Hall–Kier alpha value is -0.610. The van der Waals surface area contributed by atoms with Crippen LogP contribution in [0.5, 0.6) is 5.75 Å². The summed E-state index contributed by atoms with van der Waals surface area (Å²) in [5, 5.41) is 12.2. The summed E-state index contributed by atoms with van der Waals surface area (Å²) >= 11 is 3.11. The number of rotatable bonds is 2. The van der Waals surface area contributed by atoms with Gasteiger partial charge in [0.15, 0.2) is 0 Å². The van der Waals surface area contributed by atoms with E-state index < -0.39 is 5.82 Å². The number of phenols is 1. The second kappa shape index (κ2) is 3.87. The van der Waals surface area contributed by atoms with Gasteiger partial charge in [-0.2, -0.15) is 0 Å². The summed E-state index contributed by atoms with van der Waals surface area (Å²) < 4.78 is 13.5. The van der Waals surface area contributed by atoms with Crippen molar-refractivity contribution in [3.8, 4) is 5.75 Å². The standard InChI is InChI=1S/C8H9BrFNO/c1-11-4-5-7(10)3-2-6(9)8(5)12/h2-3,11-12H,4H2,1H3. The van der Waals surface area contributed by atoms with Crippen LogP contribution in [0.4, 0.5) is 4.39 Å². The molecule has 66 valence electrons.